The number of hydrogen-bond acceptors (Lipinski definition) is 3. The summed E-state index contributed by atoms with van der Waals surface area (Å²) in [6, 6.07) is 7.50. The van der Waals surface area contributed by atoms with Crippen LogP contribution in [0.25, 0.3) is 0 Å². The van der Waals surface area contributed by atoms with Crippen molar-refractivity contribution in [3.05, 3.63) is 29.8 Å². The molecule has 1 aliphatic rings. The Labute approximate surface area is 110 Å². The predicted octanol–water partition coefficient (Wildman–Crippen LogP) is 1.96. The van der Waals surface area contributed by atoms with Gasteiger partial charge in [-0.2, -0.15) is 0 Å². The number of thioether (sulfide) groups is 1. The molecule has 1 N–H and O–H groups in total. The Kier molecular flexibility index (Phi) is 3.91. The van der Waals surface area contributed by atoms with Gasteiger partial charge in [0.1, 0.15) is 0 Å². The average molecular weight is 265 g/mol. The lowest BCUT2D eigenvalue weighted by Gasteiger charge is -2.38. The lowest BCUT2D eigenvalue weighted by atomic mass is 9.95. The molecule has 0 spiro atoms. The summed E-state index contributed by atoms with van der Waals surface area (Å²) in [5.41, 5.74) is 0.707. The van der Waals surface area contributed by atoms with E-state index in [1.807, 2.05) is 30.5 Å². The molecule has 1 saturated heterocycles. The maximum absolute atomic E-state index is 12.2. The number of aliphatic carboxylic acids is 1. The first-order valence-corrected chi connectivity index (χ1v) is 6.98. The third kappa shape index (κ3) is 2.67. The number of carbonyl (C=O) groups is 2. The number of hydrogen-bond donors (Lipinski definition) is 1. The molecule has 1 aliphatic heterocycles. The Morgan fingerprint density at radius 3 is 2.67 bits per heavy atom. The minimum absolute atomic E-state index is 0.00147. The van der Waals surface area contributed by atoms with Crippen LogP contribution < -0.4 is 0 Å². The van der Waals surface area contributed by atoms with Crippen molar-refractivity contribution >= 4 is 23.6 Å². The van der Waals surface area contributed by atoms with E-state index < -0.39 is 5.97 Å². The molecule has 0 unspecified atom stereocenters. The van der Waals surface area contributed by atoms with Crippen LogP contribution in [0.3, 0.4) is 0 Å². The number of likely N-dealkylation sites (tertiary alicyclic amines) is 1. The summed E-state index contributed by atoms with van der Waals surface area (Å²) < 4.78 is 0. The van der Waals surface area contributed by atoms with Crippen LogP contribution in [-0.4, -0.2) is 41.2 Å². The third-order valence-corrected chi connectivity index (χ3v) is 3.84. The molecule has 0 bridgehead atoms. The second-order valence-corrected chi connectivity index (χ2v) is 5.22. The molecule has 0 saturated carbocycles. The van der Waals surface area contributed by atoms with Crippen LogP contribution in [0.5, 0.6) is 0 Å². The van der Waals surface area contributed by atoms with Gasteiger partial charge >= 0.3 is 5.97 Å². The molecule has 0 aromatic heterocycles. The third-order valence-electron chi connectivity index (χ3n) is 3.05. The number of benzene rings is 1. The van der Waals surface area contributed by atoms with Crippen LogP contribution in [0.4, 0.5) is 0 Å². The van der Waals surface area contributed by atoms with E-state index in [4.69, 9.17) is 5.11 Å². The molecule has 1 fully saturated rings. The molecule has 0 atom stereocenters. The normalized spacial score (nSPS) is 15.3. The van der Waals surface area contributed by atoms with Gasteiger partial charge in [-0.15, -0.1) is 11.8 Å². The quantitative estimate of drug-likeness (QED) is 0.845. The molecule has 1 aromatic carbocycles. The van der Waals surface area contributed by atoms with Gasteiger partial charge in [0.2, 0.25) is 0 Å². The molecule has 1 heterocycles. The summed E-state index contributed by atoms with van der Waals surface area (Å²) >= 11 is 1.55. The van der Waals surface area contributed by atoms with Crippen LogP contribution in [0.1, 0.15) is 16.8 Å². The van der Waals surface area contributed by atoms with Crippen molar-refractivity contribution in [1.82, 2.24) is 4.90 Å². The van der Waals surface area contributed by atoms with E-state index >= 15 is 0 Å². The maximum atomic E-state index is 12.2. The van der Waals surface area contributed by atoms with E-state index in [2.05, 4.69) is 0 Å². The minimum atomic E-state index is -0.795. The summed E-state index contributed by atoms with van der Waals surface area (Å²) in [6.07, 6.45) is 2.09. The molecule has 1 amide bonds. The van der Waals surface area contributed by atoms with E-state index in [0.29, 0.717) is 18.7 Å². The Balaban J connectivity index is 1.99. The molecule has 0 radical (unpaired) electrons. The highest BCUT2D eigenvalue weighted by Crippen LogP contribution is 2.26. The van der Waals surface area contributed by atoms with Crippen LogP contribution >= 0.6 is 11.8 Å². The van der Waals surface area contributed by atoms with Crippen LogP contribution in [-0.2, 0) is 4.79 Å². The fraction of sp³-hybridized carbons (Fsp3) is 0.385. The number of carboxylic acid groups (broad SMARTS) is 1. The number of amides is 1. The van der Waals surface area contributed by atoms with Gasteiger partial charge < -0.3 is 10.0 Å². The summed E-state index contributed by atoms with van der Waals surface area (Å²) in [5.74, 6) is -0.689. The van der Waals surface area contributed by atoms with Gasteiger partial charge in [-0.3, -0.25) is 9.59 Å². The van der Waals surface area contributed by atoms with Gasteiger partial charge in [0.15, 0.2) is 0 Å². The van der Waals surface area contributed by atoms with E-state index in [0.717, 1.165) is 4.90 Å². The van der Waals surface area contributed by atoms with Crippen molar-refractivity contribution in [3.8, 4) is 0 Å². The van der Waals surface area contributed by atoms with Crippen molar-refractivity contribution in [3.63, 3.8) is 0 Å². The molecule has 2 rings (SSSR count). The van der Waals surface area contributed by atoms with Gasteiger partial charge in [0.05, 0.1) is 12.0 Å². The van der Waals surface area contributed by atoms with Gasteiger partial charge in [-0.1, -0.05) is 12.1 Å². The lowest BCUT2D eigenvalue weighted by Crippen LogP contribution is -2.50. The Bertz CT molecular complexity index is 469. The van der Waals surface area contributed by atoms with E-state index in [1.165, 1.54) is 0 Å². The Morgan fingerprint density at radius 2 is 2.06 bits per heavy atom. The molecule has 96 valence electrons. The number of rotatable bonds is 4. The standard InChI is InChI=1S/C13H15NO3S/c1-18-11-5-3-2-4-10(11)13(17)14-7-9(8-14)6-12(15)16/h2-5,9H,6-8H2,1H3,(H,15,16). The van der Waals surface area contributed by atoms with Crippen molar-refractivity contribution in [2.45, 2.75) is 11.3 Å². The smallest absolute Gasteiger partial charge is 0.303 e. The van der Waals surface area contributed by atoms with Crippen molar-refractivity contribution < 1.29 is 14.7 Å². The first-order chi connectivity index (χ1) is 8.61. The summed E-state index contributed by atoms with van der Waals surface area (Å²) in [5, 5.41) is 8.67. The SMILES string of the molecule is CSc1ccccc1C(=O)N1CC(CC(=O)O)C1. The maximum Gasteiger partial charge on any atom is 0.303 e. The lowest BCUT2D eigenvalue weighted by molar-refractivity contribution is -0.139. The molecule has 0 aliphatic carbocycles. The second-order valence-electron chi connectivity index (χ2n) is 4.37. The highest BCUT2D eigenvalue weighted by molar-refractivity contribution is 7.98. The van der Waals surface area contributed by atoms with Gasteiger partial charge in [0.25, 0.3) is 5.91 Å². The first kappa shape index (κ1) is 13.0. The fourth-order valence-electron chi connectivity index (χ4n) is 2.10. The minimum Gasteiger partial charge on any atom is -0.481 e. The highest BCUT2D eigenvalue weighted by atomic mass is 32.2. The molecule has 18 heavy (non-hydrogen) atoms. The van der Waals surface area contributed by atoms with E-state index in [-0.39, 0.29) is 18.2 Å². The largest absolute Gasteiger partial charge is 0.481 e. The van der Waals surface area contributed by atoms with Crippen molar-refractivity contribution in [1.29, 1.82) is 0 Å². The average Bonchev–Trinajstić information content (AvgIpc) is 2.32. The summed E-state index contributed by atoms with van der Waals surface area (Å²) in [4.78, 5) is 25.4. The molecule has 4 nitrogen and oxygen atoms in total. The zero-order valence-corrected chi connectivity index (χ0v) is 10.9. The van der Waals surface area contributed by atoms with Crippen LogP contribution in [0.2, 0.25) is 0 Å². The Hall–Kier alpha value is -1.49. The summed E-state index contributed by atoms with van der Waals surface area (Å²) in [6.45, 7) is 1.10. The topological polar surface area (TPSA) is 57.6 Å². The zero-order valence-electron chi connectivity index (χ0n) is 10.1. The highest BCUT2D eigenvalue weighted by Gasteiger charge is 2.33. The second kappa shape index (κ2) is 5.44. The number of carboxylic acids is 1. The zero-order chi connectivity index (χ0) is 13.1. The molecule has 1 aromatic rings. The Morgan fingerprint density at radius 1 is 1.39 bits per heavy atom. The monoisotopic (exact) mass is 265 g/mol. The van der Waals surface area contributed by atoms with Crippen molar-refractivity contribution in [2.75, 3.05) is 19.3 Å². The van der Waals surface area contributed by atoms with E-state index in [1.54, 1.807) is 16.7 Å². The number of carbonyl (C=O) groups excluding carboxylic acids is 1. The molecular formula is C13H15NO3S. The summed E-state index contributed by atoms with van der Waals surface area (Å²) in [7, 11) is 0. The van der Waals surface area contributed by atoms with Crippen molar-refractivity contribution in [2.24, 2.45) is 5.92 Å². The van der Waals surface area contributed by atoms with Gasteiger partial charge in [0, 0.05) is 23.9 Å². The van der Waals surface area contributed by atoms with Crippen LogP contribution in [0, 0.1) is 5.92 Å². The number of nitrogens with zero attached hydrogens (tertiary/aromatic N) is 1. The van der Waals surface area contributed by atoms with Crippen LogP contribution in [0.15, 0.2) is 29.2 Å². The van der Waals surface area contributed by atoms with Gasteiger partial charge in [-0.25, -0.2) is 0 Å². The van der Waals surface area contributed by atoms with E-state index in [9.17, 15) is 9.59 Å². The predicted molar refractivity (Wildman–Crippen MR) is 69.9 cm³/mol. The first-order valence-electron chi connectivity index (χ1n) is 5.76. The fourth-order valence-corrected chi connectivity index (χ4v) is 2.69. The molecule has 5 heteroatoms. The molecular weight excluding hydrogens is 250 g/mol. The van der Waals surface area contributed by atoms with Gasteiger partial charge in [-0.05, 0) is 18.4 Å².